The summed E-state index contributed by atoms with van der Waals surface area (Å²) in [5.41, 5.74) is 1.45. The van der Waals surface area contributed by atoms with Crippen molar-refractivity contribution in [2.75, 3.05) is 32.1 Å². The third-order valence-corrected chi connectivity index (χ3v) is 4.93. The van der Waals surface area contributed by atoms with E-state index in [-0.39, 0.29) is 18.0 Å². The Morgan fingerprint density at radius 1 is 1.28 bits per heavy atom. The van der Waals surface area contributed by atoms with Gasteiger partial charge in [-0.15, -0.1) is 0 Å². The normalized spacial score (nSPS) is 21.2. The van der Waals surface area contributed by atoms with Crippen molar-refractivity contribution in [1.29, 1.82) is 0 Å². The minimum absolute atomic E-state index is 0.115. The van der Waals surface area contributed by atoms with Crippen molar-refractivity contribution in [2.45, 2.75) is 44.2 Å². The van der Waals surface area contributed by atoms with Crippen LogP contribution in [-0.4, -0.2) is 55.7 Å². The fourth-order valence-corrected chi connectivity index (χ4v) is 3.49. The molecule has 2 heterocycles. The first kappa shape index (κ1) is 17.7. The highest BCUT2D eigenvalue weighted by atomic mass is 16.5. The molecule has 2 fully saturated rings. The van der Waals surface area contributed by atoms with Gasteiger partial charge in [-0.3, -0.25) is 4.79 Å². The molecule has 2 saturated heterocycles. The molecule has 0 aliphatic carbocycles. The second-order valence-electron chi connectivity index (χ2n) is 6.71. The van der Waals surface area contributed by atoms with E-state index < -0.39 is 0 Å². The van der Waals surface area contributed by atoms with Crippen LogP contribution in [-0.2, 0) is 14.3 Å². The standard InChI is InChI=1S/C19H26N2O4/c1-24-19(23)14-4-2-5-16(12-14)20-15-7-9-21(10-8-15)18(22)13-17-6-3-11-25-17/h2,4-5,12,15,17,20H,3,6-11,13H2,1H3/t17-/m1/s1. The van der Waals surface area contributed by atoms with Crippen molar-refractivity contribution in [1.82, 2.24) is 4.90 Å². The molecule has 1 aromatic carbocycles. The zero-order chi connectivity index (χ0) is 17.6. The summed E-state index contributed by atoms with van der Waals surface area (Å²) in [4.78, 5) is 25.9. The second kappa shape index (κ2) is 8.34. The highest BCUT2D eigenvalue weighted by Gasteiger charge is 2.26. The lowest BCUT2D eigenvalue weighted by Gasteiger charge is -2.33. The minimum atomic E-state index is -0.335. The van der Waals surface area contributed by atoms with Crippen LogP contribution in [0.5, 0.6) is 0 Å². The van der Waals surface area contributed by atoms with Gasteiger partial charge >= 0.3 is 5.97 Å². The SMILES string of the molecule is COC(=O)c1cccc(NC2CCN(C(=O)C[C@H]3CCCO3)CC2)c1. The summed E-state index contributed by atoms with van der Waals surface area (Å²) in [6.07, 6.45) is 4.50. The van der Waals surface area contributed by atoms with Gasteiger partial charge in [0.25, 0.3) is 0 Å². The number of hydrogen-bond donors (Lipinski definition) is 1. The third kappa shape index (κ3) is 4.72. The Kier molecular flexibility index (Phi) is 5.91. The number of esters is 1. The fourth-order valence-electron chi connectivity index (χ4n) is 3.49. The van der Waals surface area contributed by atoms with Gasteiger partial charge in [0.15, 0.2) is 0 Å². The Balaban J connectivity index is 1.47. The van der Waals surface area contributed by atoms with Gasteiger partial charge in [0.2, 0.25) is 5.91 Å². The topological polar surface area (TPSA) is 67.9 Å². The molecule has 0 bridgehead atoms. The van der Waals surface area contributed by atoms with Crippen LogP contribution in [0.25, 0.3) is 0 Å². The zero-order valence-corrected chi connectivity index (χ0v) is 14.7. The highest BCUT2D eigenvalue weighted by Crippen LogP contribution is 2.21. The fraction of sp³-hybridized carbons (Fsp3) is 0.579. The number of nitrogens with one attached hydrogen (secondary N) is 1. The summed E-state index contributed by atoms with van der Waals surface area (Å²) in [5, 5.41) is 3.46. The number of methoxy groups -OCH3 is 1. The van der Waals surface area contributed by atoms with E-state index in [9.17, 15) is 9.59 Å². The smallest absolute Gasteiger partial charge is 0.337 e. The minimum Gasteiger partial charge on any atom is -0.465 e. The van der Waals surface area contributed by atoms with Crippen molar-refractivity contribution in [3.8, 4) is 0 Å². The molecule has 1 atom stereocenters. The number of amides is 1. The number of rotatable bonds is 5. The van der Waals surface area contributed by atoms with Crippen LogP contribution in [0.1, 0.15) is 42.5 Å². The summed E-state index contributed by atoms with van der Waals surface area (Å²) in [6, 6.07) is 7.64. The summed E-state index contributed by atoms with van der Waals surface area (Å²) in [5.74, 6) is -0.128. The number of nitrogens with zero attached hydrogens (tertiary/aromatic N) is 1. The number of anilines is 1. The van der Waals surface area contributed by atoms with E-state index in [1.54, 1.807) is 12.1 Å². The first-order chi connectivity index (χ1) is 12.2. The van der Waals surface area contributed by atoms with Gasteiger partial charge in [-0.25, -0.2) is 4.79 Å². The van der Waals surface area contributed by atoms with Crippen molar-refractivity contribution >= 4 is 17.6 Å². The van der Waals surface area contributed by atoms with Crippen molar-refractivity contribution in [2.24, 2.45) is 0 Å². The Labute approximate surface area is 148 Å². The van der Waals surface area contributed by atoms with Gasteiger partial charge in [0.05, 0.1) is 25.2 Å². The predicted octanol–water partition coefficient (Wildman–Crippen LogP) is 2.45. The van der Waals surface area contributed by atoms with Crippen LogP contribution in [0.2, 0.25) is 0 Å². The maximum atomic E-state index is 12.3. The number of carbonyl (C=O) groups is 2. The summed E-state index contributed by atoms with van der Waals surface area (Å²) < 4.78 is 10.3. The molecule has 0 radical (unpaired) electrons. The molecular formula is C19H26N2O4. The van der Waals surface area contributed by atoms with E-state index in [1.165, 1.54) is 7.11 Å². The Bertz CT molecular complexity index is 605. The molecule has 6 heteroatoms. The third-order valence-electron chi connectivity index (χ3n) is 4.93. The van der Waals surface area contributed by atoms with Crippen LogP contribution in [0, 0.1) is 0 Å². The quantitative estimate of drug-likeness (QED) is 0.830. The Hall–Kier alpha value is -2.08. The van der Waals surface area contributed by atoms with E-state index in [0.29, 0.717) is 18.0 Å². The molecule has 0 saturated carbocycles. The second-order valence-corrected chi connectivity index (χ2v) is 6.71. The Morgan fingerprint density at radius 2 is 2.08 bits per heavy atom. The number of piperidine rings is 1. The van der Waals surface area contributed by atoms with Crippen molar-refractivity contribution in [3.63, 3.8) is 0 Å². The van der Waals surface area contributed by atoms with Crippen LogP contribution in [0.3, 0.4) is 0 Å². The molecule has 25 heavy (non-hydrogen) atoms. The monoisotopic (exact) mass is 346 g/mol. The van der Waals surface area contributed by atoms with Gasteiger partial charge in [-0.1, -0.05) is 6.07 Å². The lowest BCUT2D eigenvalue weighted by Crippen LogP contribution is -2.43. The van der Waals surface area contributed by atoms with Gasteiger partial charge in [0, 0.05) is 31.4 Å². The number of carbonyl (C=O) groups excluding carboxylic acids is 2. The van der Waals surface area contributed by atoms with Crippen LogP contribution < -0.4 is 5.32 Å². The molecule has 0 unspecified atom stereocenters. The summed E-state index contributed by atoms with van der Waals surface area (Å²) in [7, 11) is 1.38. The van der Waals surface area contributed by atoms with E-state index in [4.69, 9.17) is 9.47 Å². The first-order valence-corrected chi connectivity index (χ1v) is 9.00. The highest BCUT2D eigenvalue weighted by molar-refractivity contribution is 5.90. The summed E-state index contributed by atoms with van der Waals surface area (Å²) in [6.45, 7) is 2.31. The van der Waals surface area contributed by atoms with Crippen LogP contribution in [0.4, 0.5) is 5.69 Å². The average molecular weight is 346 g/mol. The first-order valence-electron chi connectivity index (χ1n) is 9.00. The molecule has 1 N–H and O–H groups in total. The van der Waals surface area contributed by atoms with E-state index in [1.807, 2.05) is 17.0 Å². The molecule has 0 aromatic heterocycles. The molecule has 6 nitrogen and oxygen atoms in total. The van der Waals surface area contributed by atoms with E-state index in [2.05, 4.69) is 5.32 Å². The zero-order valence-electron chi connectivity index (χ0n) is 14.7. The number of benzene rings is 1. The molecule has 2 aliphatic heterocycles. The van der Waals surface area contributed by atoms with E-state index in [0.717, 1.165) is 51.1 Å². The molecular weight excluding hydrogens is 320 g/mol. The van der Waals surface area contributed by atoms with Crippen LogP contribution >= 0.6 is 0 Å². The van der Waals surface area contributed by atoms with Gasteiger partial charge in [0.1, 0.15) is 0 Å². The van der Waals surface area contributed by atoms with Crippen molar-refractivity contribution < 1.29 is 19.1 Å². The van der Waals surface area contributed by atoms with Gasteiger partial charge in [-0.05, 0) is 43.9 Å². The van der Waals surface area contributed by atoms with Crippen LogP contribution in [0.15, 0.2) is 24.3 Å². The molecule has 0 spiro atoms. The Morgan fingerprint density at radius 3 is 2.76 bits per heavy atom. The average Bonchev–Trinajstić information content (AvgIpc) is 3.15. The largest absolute Gasteiger partial charge is 0.465 e. The lowest BCUT2D eigenvalue weighted by atomic mass is 10.0. The maximum Gasteiger partial charge on any atom is 0.337 e. The lowest BCUT2D eigenvalue weighted by molar-refractivity contribution is -0.134. The molecule has 1 amide bonds. The molecule has 1 aromatic rings. The predicted molar refractivity (Wildman–Crippen MR) is 94.6 cm³/mol. The number of likely N-dealkylation sites (tertiary alicyclic amines) is 1. The van der Waals surface area contributed by atoms with E-state index >= 15 is 0 Å². The maximum absolute atomic E-state index is 12.3. The number of hydrogen-bond acceptors (Lipinski definition) is 5. The molecule has 3 rings (SSSR count). The molecule has 136 valence electrons. The molecule has 2 aliphatic rings. The number of ether oxygens (including phenoxy) is 2. The summed E-state index contributed by atoms with van der Waals surface area (Å²) >= 11 is 0. The van der Waals surface area contributed by atoms with Gasteiger partial charge < -0.3 is 19.7 Å². The van der Waals surface area contributed by atoms with Gasteiger partial charge in [-0.2, -0.15) is 0 Å². The van der Waals surface area contributed by atoms with Crippen molar-refractivity contribution in [3.05, 3.63) is 29.8 Å².